The van der Waals surface area contributed by atoms with Crippen molar-refractivity contribution < 1.29 is 44.1 Å². The van der Waals surface area contributed by atoms with Gasteiger partial charge < -0.3 is 35.1 Å². The summed E-state index contributed by atoms with van der Waals surface area (Å²) in [6.07, 6.45) is 0. The van der Waals surface area contributed by atoms with E-state index in [1.54, 1.807) is 57.5 Å². The van der Waals surface area contributed by atoms with Crippen molar-refractivity contribution in [2.45, 2.75) is 73.3 Å². The molecule has 9 rings (SSSR count). The molecule has 2 aliphatic rings. The predicted octanol–water partition coefficient (Wildman–Crippen LogP) is 10.0. The van der Waals surface area contributed by atoms with Gasteiger partial charge in [-0.05, 0) is 76.0 Å². The average molecular weight is 970 g/mol. The molecule has 3 aromatic heterocycles. The normalized spacial score (nSPS) is 14.4. The molecule has 0 aliphatic carbocycles. The molecule has 69 heavy (non-hydrogen) atoms. The highest BCUT2D eigenvalue weighted by atomic mass is 35.5. The number of carbonyl (C=O) groups is 3. The Bertz CT molecular complexity index is 2960. The number of carboxylic acids is 1. The number of carboxylic acid groups (broad SMARTS) is 1. The van der Waals surface area contributed by atoms with E-state index in [9.17, 15) is 24.6 Å². The number of para-hydroxylation sites is 2. The summed E-state index contributed by atoms with van der Waals surface area (Å²) in [5.41, 5.74) is 5.65. The van der Waals surface area contributed by atoms with Gasteiger partial charge in [-0.15, -0.1) is 10.2 Å². The van der Waals surface area contributed by atoms with E-state index in [0.717, 1.165) is 39.1 Å². The van der Waals surface area contributed by atoms with Crippen LogP contribution in [0.5, 0.6) is 23.3 Å². The number of anilines is 1. The Kier molecular flexibility index (Phi) is 15.6. The number of nitrogens with zero attached hydrogens (tertiary/aromatic N) is 4. The van der Waals surface area contributed by atoms with Crippen LogP contribution in [0.4, 0.5) is 5.13 Å². The number of rotatable bonds is 9. The minimum atomic E-state index is -1.47. The zero-order chi connectivity index (χ0) is 49.1. The lowest BCUT2D eigenvalue weighted by Crippen LogP contribution is -2.38. The second-order valence-electron chi connectivity index (χ2n) is 17.9. The summed E-state index contributed by atoms with van der Waals surface area (Å²) in [6.45, 7) is 12.2. The van der Waals surface area contributed by atoms with Crippen LogP contribution in [0.25, 0.3) is 11.3 Å². The predicted molar refractivity (Wildman–Crippen MR) is 268 cm³/mol. The Labute approximate surface area is 410 Å². The average Bonchev–Trinajstić information content (AvgIpc) is 3.83. The van der Waals surface area contributed by atoms with Crippen LogP contribution in [-0.2, 0) is 15.2 Å². The maximum Gasteiger partial charge on any atom is 0.488 e. The van der Waals surface area contributed by atoms with Crippen molar-refractivity contribution in [3.05, 3.63) is 165 Å². The van der Waals surface area contributed by atoms with Gasteiger partial charge in [-0.3, -0.25) is 14.4 Å². The second-order valence-corrected chi connectivity index (χ2v) is 19.1. The molecule has 0 unspecified atom stereocenters. The number of benzene rings is 4. The highest BCUT2D eigenvalue weighted by Crippen LogP contribution is 2.53. The number of nitrogens with one attached hydrogen (secondary N) is 1. The van der Waals surface area contributed by atoms with E-state index >= 15 is 0 Å². The largest absolute Gasteiger partial charge is 0.488 e. The van der Waals surface area contributed by atoms with Crippen molar-refractivity contribution in [2.24, 2.45) is 10.8 Å². The number of ketones is 1. The number of Topliss-reactive ketones (excluding diaryl/α,β-unsaturated/α-hetero) is 1. The molecular weight excluding hydrogens is 917 g/mol. The number of pyridine rings is 2. The quantitative estimate of drug-likeness (QED) is 0.0518. The van der Waals surface area contributed by atoms with Crippen LogP contribution in [0.2, 0.25) is 5.15 Å². The van der Waals surface area contributed by atoms with E-state index in [1.807, 2.05) is 98.8 Å². The number of ether oxygens (including phenoxy) is 2. The third-order valence-corrected chi connectivity index (χ3v) is 12.7. The van der Waals surface area contributed by atoms with Crippen LogP contribution in [0, 0.1) is 10.8 Å². The first-order chi connectivity index (χ1) is 32.2. The number of aliphatic carboxylic acids is 1. The zero-order valence-electron chi connectivity index (χ0n) is 38.3. The van der Waals surface area contributed by atoms with E-state index in [1.165, 1.54) is 30.4 Å². The lowest BCUT2D eigenvalue weighted by molar-refractivity contribution is -0.147. The minimum absolute atomic E-state index is 0. The van der Waals surface area contributed by atoms with E-state index < -0.39 is 29.5 Å². The summed E-state index contributed by atoms with van der Waals surface area (Å²) in [7, 11) is -1.47. The molecule has 0 radical (unpaired) electrons. The van der Waals surface area contributed by atoms with E-state index in [4.69, 9.17) is 36.1 Å². The van der Waals surface area contributed by atoms with Crippen molar-refractivity contribution in [1.29, 1.82) is 0 Å². The number of carbonyl (C=O) groups excluding carboxylic acids is 2. The minimum Gasteiger partial charge on any atom is -0.481 e. The third kappa shape index (κ3) is 11.2. The molecule has 4 aromatic carbocycles. The molecule has 356 valence electrons. The van der Waals surface area contributed by atoms with Crippen LogP contribution in [-0.4, -0.2) is 65.2 Å². The molecule has 1 amide bonds. The lowest BCUT2D eigenvalue weighted by Gasteiger charge is -2.37. The molecule has 0 spiro atoms. The first-order valence-corrected chi connectivity index (χ1v) is 22.7. The van der Waals surface area contributed by atoms with Gasteiger partial charge in [0.2, 0.25) is 22.8 Å². The van der Waals surface area contributed by atoms with E-state index in [-0.39, 0.29) is 31.0 Å². The maximum atomic E-state index is 13.4. The van der Waals surface area contributed by atoms with Gasteiger partial charge in [0.15, 0.2) is 5.78 Å². The topological polar surface area (TPSA) is 214 Å². The maximum absolute atomic E-state index is 13.4. The van der Waals surface area contributed by atoms with Crippen LogP contribution in [0.15, 0.2) is 127 Å². The van der Waals surface area contributed by atoms with Gasteiger partial charge >= 0.3 is 13.1 Å². The smallest absolute Gasteiger partial charge is 0.481 e. The summed E-state index contributed by atoms with van der Waals surface area (Å²) < 4.78 is 12.0. The molecule has 2 aliphatic heterocycles. The number of aromatic nitrogens is 4. The number of fused-ring (bicyclic) bond motifs is 4. The highest BCUT2D eigenvalue weighted by Gasteiger charge is 2.45. The van der Waals surface area contributed by atoms with Crippen molar-refractivity contribution in [3.63, 3.8) is 0 Å². The second kappa shape index (κ2) is 20.8. The molecule has 0 bridgehead atoms. The molecule has 17 heteroatoms. The first kappa shape index (κ1) is 51.6. The van der Waals surface area contributed by atoms with Crippen LogP contribution >= 0.6 is 22.9 Å². The van der Waals surface area contributed by atoms with Crippen molar-refractivity contribution >= 4 is 58.3 Å². The standard InChI is InChI=1S/C27H26N4O3S.C16H14ClNO3.C8H9BO3.CH4/c1-26(2,24(32)30-25-31-28-15-35-25)22-18-7-5-6-8-21(18)34-23-19(22)13-14-20(29-23)16-9-11-17(12-10-16)27(3,4)33;1-16(2,15(19)20)13-9-5-3-4-6-11(9)21-14-10(13)7-8-12(17)18-14;1-6(10)7-2-4-8(5-3-7)9(11)12;/h5-15,22,33H,1-4H3,(H,30,31,32);3-8,13H,1-2H3,(H,19,20);2-5,11-12H,1H3;1H4/t22-;13-;;/m00../s1. The Morgan fingerprint density at radius 2 is 1.23 bits per heavy atom. The van der Waals surface area contributed by atoms with Crippen LogP contribution < -0.4 is 20.3 Å². The number of halogens is 1. The zero-order valence-corrected chi connectivity index (χ0v) is 39.8. The number of amides is 1. The monoisotopic (exact) mass is 969 g/mol. The van der Waals surface area contributed by atoms with Gasteiger partial charge in [-0.1, -0.05) is 135 Å². The molecule has 7 aromatic rings. The molecule has 5 N–H and O–H groups in total. The van der Waals surface area contributed by atoms with Gasteiger partial charge in [0, 0.05) is 45.2 Å². The molecule has 0 saturated carbocycles. The lowest BCUT2D eigenvalue weighted by atomic mass is 9.69. The Balaban J connectivity index is 0.000000194. The number of hydrogen-bond donors (Lipinski definition) is 5. The summed E-state index contributed by atoms with van der Waals surface area (Å²) in [4.78, 5) is 44.9. The van der Waals surface area contributed by atoms with E-state index in [0.29, 0.717) is 44.6 Å². The van der Waals surface area contributed by atoms with E-state index in [2.05, 4.69) is 20.5 Å². The fourth-order valence-electron chi connectivity index (χ4n) is 8.04. The van der Waals surface area contributed by atoms with Crippen molar-refractivity contribution in [1.82, 2.24) is 20.2 Å². The fourth-order valence-corrected chi connectivity index (χ4v) is 8.62. The number of hydrogen-bond acceptors (Lipinski definition) is 13. The summed E-state index contributed by atoms with van der Waals surface area (Å²) in [6, 6.07) is 36.4. The van der Waals surface area contributed by atoms with Gasteiger partial charge in [-0.2, -0.15) is 0 Å². The van der Waals surface area contributed by atoms with Crippen LogP contribution in [0.1, 0.15) is 106 Å². The van der Waals surface area contributed by atoms with Crippen molar-refractivity contribution in [3.8, 4) is 34.5 Å². The Hall–Kier alpha value is -6.82. The molecular formula is C52H53BClN5O9S. The van der Waals surface area contributed by atoms with Crippen molar-refractivity contribution in [2.75, 3.05) is 5.32 Å². The number of aliphatic hydroxyl groups is 1. The molecule has 0 fully saturated rings. The Morgan fingerprint density at radius 1 is 0.696 bits per heavy atom. The SMILES string of the molecule is C.CC(=O)c1ccc(B(O)O)cc1.CC(C)(C(=O)O)[C@H]1c2ccccc2Oc2nc(Cl)ccc21.CC(C)(O)c1ccc(-c2ccc3c(n2)Oc2ccccc2[C@@H]3C(C)(C)C(=O)Nc2nncs2)cc1. The van der Waals surface area contributed by atoms with Crippen LogP contribution in [0.3, 0.4) is 0 Å². The molecule has 2 atom stereocenters. The molecule has 14 nitrogen and oxygen atoms in total. The van der Waals surface area contributed by atoms with Gasteiger partial charge in [0.1, 0.15) is 22.2 Å². The summed E-state index contributed by atoms with van der Waals surface area (Å²) >= 11 is 7.20. The Morgan fingerprint density at radius 3 is 1.74 bits per heavy atom. The third-order valence-electron chi connectivity index (χ3n) is 11.9. The molecule has 5 heterocycles. The fraction of sp³-hybridized carbons (Fsp3) is 0.250. The van der Waals surface area contributed by atoms with Gasteiger partial charge in [-0.25, -0.2) is 9.97 Å². The summed E-state index contributed by atoms with van der Waals surface area (Å²) in [5.74, 6) is 0.472. The van der Waals surface area contributed by atoms with Gasteiger partial charge in [0.25, 0.3) is 0 Å². The summed E-state index contributed by atoms with van der Waals surface area (Å²) in [5, 5.41) is 48.8. The molecule has 0 saturated heterocycles. The van der Waals surface area contributed by atoms with Gasteiger partial charge in [0.05, 0.1) is 22.1 Å². The highest BCUT2D eigenvalue weighted by molar-refractivity contribution is 7.13. The first-order valence-electron chi connectivity index (χ1n) is 21.5.